The van der Waals surface area contributed by atoms with Gasteiger partial charge in [-0.2, -0.15) is 11.8 Å². The minimum absolute atomic E-state index is 0. The largest absolute Gasteiger partial charge is 0.361 e. The van der Waals surface area contributed by atoms with Crippen molar-refractivity contribution >= 4 is 41.0 Å². The summed E-state index contributed by atoms with van der Waals surface area (Å²) in [6.45, 7) is 5.94. The number of nitrogens with one attached hydrogen (secondary N) is 1. The number of rotatable bonds is 3. The maximum atomic E-state index is 12.6. The molecule has 0 radical (unpaired) electrons. The van der Waals surface area contributed by atoms with Gasteiger partial charge >= 0.3 is 0 Å². The van der Waals surface area contributed by atoms with Crippen molar-refractivity contribution in [1.29, 1.82) is 0 Å². The predicted octanol–water partition coefficient (Wildman–Crippen LogP) is 2.81. The highest BCUT2D eigenvalue weighted by atomic mass is 35.5. The van der Waals surface area contributed by atoms with Crippen LogP contribution < -0.4 is 5.73 Å². The summed E-state index contributed by atoms with van der Waals surface area (Å²) in [6.07, 6.45) is 2.54. The van der Waals surface area contributed by atoms with Gasteiger partial charge in [-0.3, -0.25) is 4.79 Å². The van der Waals surface area contributed by atoms with Gasteiger partial charge in [0.25, 0.3) is 0 Å². The van der Waals surface area contributed by atoms with Gasteiger partial charge in [-0.1, -0.05) is 18.2 Å². The second-order valence-corrected chi connectivity index (χ2v) is 8.34. The highest BCUT2D eigenvalue weighted by molar-refractivity contribution is 8.00. The second kappa shape index (κ2) is 7.16. The molecule has 1 amide bonds. The van der Waals surface area contributed by atoms with Gasteiger partial charge in [0.15, 0.2) is 0 Å². The maximum Gasteiger partial charge on any atom is 0.239 e. The molecule has 0 aliphatic carbocycles. The van der Waals surface area contributed by atoms with Crippen LogP contribution in [0.15, 0.2) is 30.5 Å². The molecular formula is C17H24ClN3OS. The monoisotopic (exact) mass is 353 g/mol. The molecule has 0 saturated carbocycles. The van der Waals surface area contributed by atoms with Gasteiger partial charge in [-0.05, 0) is 31.9 Å². The Hall–Kier alpha value is -1.17. The number of carbonyl (C=O) groups is 1. The lowest BCUT2D eigenvalue weighted by Gasteiger charge is -2.38. The summed E-state index contributed by atoms with van der Waals surface area (Å²) in [5.41, 5.74) is 8.41. The Morgan fingerprint density at radius 3 is 2.91 bits per heavy atom. The molecule has 6 heteroatoms. The molecule has 0 unspecified atom stereocenters. The molecular weight excluding hydrogens is 330 g/mol. The van der Waals surface area contributed by atoms with Gasteiger partial charge in [0.05, 0.1) is 6.04 Å². The Labute approximate surface area is 147 Å². The van der Waals surface area contributed by atoms with Crippen molar-refractivity contribution in [3.8, 4) is 0 Å². The van der Waals surface area contributed by atoms with Crippen LogP contribution in [0.1, 0.15) is 19.4 Å². The van der Waals surface area contributed by atoms with E-state index < -0.39 is 6.04 Å². The SMILES string of the molecule is CC1(C)CN(C(=O)[C@@H](N)Cc2c[nH]c3ccccc23)CCS1.Cl. The summed E-state index contributed by atoms with van der Waals surface area (Å²) in [5, 5.41) is 1.15. The topological polar surface area (TPSA) is 62.1 Å². The minimum atomic E-state index is -0.474. The summed E-state index contributed by atoms with van der Waals surface area (Å²) in [6, 6.07) is 7.65. The van der Waals surface area contributed by atoms with Crippen molar-refractivity contribution in [2.75, 3.05) is 18.8 Å². The van der Waals surface area contributed by atoms with Gasteiger partial charge in [0.1, 0.15) is 0 Å². The number of H-pyrrole nitrogens is 1. The summed E-state index contributed by atoms with van der Waals surface area (Å²) < 4.78 is 0.119. The van der Waals surface area contributed by atoms with Crippen LogP contribution in [0, 0.1) is 0 Å². The highest BCUT2D eigenvalue weighted by Crippen LogP contribution is 2.30. The number of nitrogens with zero attached hydrogens (tertiary/aromatic N) is 1. The predicted molar refractivity (Wildman–Crippen MR) is 100 cm³/mol. The number of hydrogen-bond acceptors (Lipinski definition) is 3. The number of para-hydroxylation sites is 1. The third-order valence-electron chi connectivity index (χ3n) is 4.17. The van der Waals surface area contributed by atoms with E-state index in [1.165, 1.54) is 0 Å². The third kappa shape index (κ3) is 4.03. The van der Waals surface area contributed by atoms with Crippen molar-refractivity contribution < 1.29 is 4.79 Å². The van der Waals surface area contributed by atoms with Crippen LogP contribution in [0.4, 0.5) is 0 Å². The first-order valence-electron chi connectivity index (χ1n) is 7.70. The molecule has 1 saturated heterocycles. The third-order valence-corrected chi connectivity index (χ3v) is 5.47. The molecule has 0 bridgehead atoms. The first kappa shape index (κ1) is 18.2. The van der Waals surface area contributed by atoms with Crippen molar-refractivity contribution in [3.05, 3.63) is 36.0 Å². The average Bonchev–Trinajstić information content (AvgIpc) is 2.89. The van der Waals surface area contributed by atoms with E-state index in [0.717, 1.165) is 35.3 Å². The van der Waals surface area contributed by atoms with E-state index in [9.17, 15) is 4.79 Å². The number of amides is 1. The lowest BCUT2D eigenvalue weighted by molar-refractivity contribution is -0.132. The number of nitrogens with two attached hydrogens (primary N) is 1. The molecule has 1 aromatic carbocycles. The van der Waals surface area contributed by atoms with Crippen molar-refractivity contribution in [3.63, 3.8) is 0 Å². The second-order valence-electron chi connectivity index (χ2n) is 6.54. The first-order chi connectivity index (χ1) is 10.5. The fraction of sp³-hybridized carbons (Fsp3) is 0.471. The summed E-state index contributed by atoms with van der Waals surface area (Å²) in [5.74, 6) is 1.05. The molecule has 1 aromatic heterocycles. The quantitative estimate of drug-likeness (QED) is 0.891. The Morgan fingerprint density at radius 1 is 1.43 bits per heavy atom. The number of aromatic amines is 1. The van der Waals surface area contributed by atoms with Crippen LogP contribution in [-0.2, 0) is 11.2 Å². The van der Waals surface area contributed by atoms with Gasteiger partial charge in [-0.25, -0.2) is 0 Å². The smallest absolute Gasteiger partial charge is 0.239 e. The van der Waals surface area contributed by atoms with Crippen molar-refractivity contribution in [1.82, 2.24) is 9.88 Å². The number of fused-ring (bicyclic) bond motifs is 1. The van der Waals surface area contributed by atoms with Crippen LogP contribution in [0.25, 0.3) is 10.9 Å². The standard InChI is InChI=1S/C17H23N3OS.ClH/c1-17(2)11-20(7-8-22-17)16(21)14(18)9-12-10-19-15-6-4-3-5-13(12)15;/h3-6,10,14,19H,7-9,11,18H2,1-2H3;1H/t14-;/m0./s1. The van der Waals surface area contributed by atoms with Crippen LogP contribution >= 0.6 is 24.2 Å². The first-order valence-corrected chi connectivity index (χ1v) is 8.68. The Balaban J connectivity index is 0.00000192. The van der Waals surface area contributed by atoms with Gasteiger partial charge in [-0.15, -0.1) is 12.4 Å². The lowest BCUT2D eigenvalue weighted by atomic mass is 10.0. The van der Waals surface area contributed by atoms with Crippen molar-refractivity contribution in [2.24, 2.45) is 5.73 Å². The fourth-order valence-corrected chi connectivity index (χ4v) is 4.18. The van der Waals surface area contributed by atoms with Crippen LogP contribution in [-0.4, -0.2) is 45.4 Å². The molecule has 1 fully saturated rings. The number of carbonyl (C=O) groups excluding carboxylic acids is 1. The van der Waals surface area contributed by atoms with E-state index in [2.05, 4.69) is 24.9 Å². The van der Waals surface area contributed by atoms with Gasteiger partial charge in [0.2, 0.25) is 5.91 Å². The zero-order valence-corrected chi connectivity index (χ0v) is 15.2. The zero-order valence-electron chi connectivity index (χ0n) is 13.5. The Morgan fingerprint density at radius 2 is 2.17 bits per heavy atom. The normalized spacial score (nSPS) is 18.5. The average molecular weight is 354 g/mol. The van der Waals surface area contributed by atoms with Gasteiger partial charge < -0.3 is 15.6 Å². The van der Waals surface area contributed by atoms with Crippen molar-refractivity contribution in [2.45, 2.75) is 31.1 Å². The summed E-state index contributed by atoms with van der Waals surface area (Å²) in [4.78, 5) is 17.8. The molecule has 126 valence electrons. The molecule has 23 heavy (non-hydrogen) atoms. The summed E-state index contributed by atoms with van der Waals surface area (Å²) >= 11 is 1.92. The van der Waals surface area contributed by atoms with E-state index in [1.807, 2.05) is 41.1 Å². The highest BCUT2D eigenvalue weighted by Gasteiger charge is 2.32. The molecule has 1 aliphatic rings. The van der Waals surface area contributed by atoms with E-state index in [-0.39, 0.29) is 23.1 Å². The Kier molecular flexibility index (Phi) is 5.65. The molecule has 2 heterocycles. The zero-order chi connectivity index (χ0) is 15.7. The molecule has 4 nitrogen and oxygen atoms in total. The molecule has 3 rings (SSSR count). The van der Waals surface area contributed by atoms with E-state index in [1.54, 1.807) is 0 Å². The molecule has 1 atom stereocenters. The lowest BCUT2D eigenvalue weighted by Crippen LogP contribution is -2.52. The number of halogens is 1. The number of benzene rings is 1. The van der Waals surface area contributed by atoms with E-state index in [0.29, 0.717) is 6.42 Å². The van der Waals surface area contributed by atoms with E-state index in [4.69, 9.17) is 5.73 Å². The number of aromatic nitrogens is 1. The van der Waals surface area contributed by atoms with Crippen LogP contribution in [0.5, 0.6) is 0 Å². The number of hydrogen-bond donors (Lipinski definition) is 2. The molecule has 3 N–H and O–H groups in total. The molecule has 0 spiro atoms. The molecule has 2 aromatic rings. The van der Waals surface area contributed by atoms with Crippen LogP contribution in [0.3, 0.4) is 0 Å². The van der Waals surface area contributed by atoms with Crippen LogP contribution in [0.2, 0.25) is 0 Å². The summed E-state index contributed by atoms with van der Waals surface area (Å²) in [7, 11) is 0. The maximum absolute atomic E-state index is 12.6. The minimum Gasteiger partial charge on any atom is -0.361 e. The number of thioether (sulfide) groups is 1. The fourth-order valence-electron chi connectivity index (χ4n) is 3.06. The van der Waals surface area contributed by atoms with E-state index >= 15 is 0 Å². The van der Waals surface area contributed by atoms with Gasteiger partial charge in [0, 0.05) is 40.7 Å². The molecule has 1 aliphatic heterocycles. The Bertz CT molecular complexity index is 685.